The molecule has 1 aliphatic carbocycles. The van der Waals surface area contributed by atoms with Crippen LogP contribution in [0, 0.1) is 0 Å². The fourth-order valence-corrected chi connectivity index (χ4v) is 5.53. The lowest BCUT2D eigenvalue weighted by molar-refractivity contribution is -0.123. The van der Waals surface area contributed by atoms with Gasteiger partial charge in [-0.25, -0.2) is 0 Å². The minimum Gasteiger partial charge on any atom is -0.495 e. The number of rotatable bonds is 10. The minimum atomic E-state index is -1.09. The number of nitrogens with zero attached hydrogens (tertiary/aromatic N) is 2. The molecule has 2 aromatic carbocycles. The highest BCUT2D eigenvalue weighted by molar-refractivity contribution is 7.09. The first-order valence-corrected chi connectivity index (χ1v) is 13.7. The molecule has 0 bridgehead atoms. The van der Waals surface area contributed by atoms with E-state index in [9.17, 15) is 14.4 Å². The highest BCUT2D eigenvalue weighted by Crippen LogP contribution is 2.38. The van der Waals surface area contributed by atoms with E-state index in [-0.39, 0.29) is 28.2 Å². The van der Waals surface area contributed by atoms with Crippen LogP contribution in [0.5, 0.6) is 11.5 Å². The highest BCUT2D eigenvalue weighted by atomic mass is 32.1. The zero-order chi connectivity index (χ0) is 27.9. The number of nitrogens with two attached hydrogens (primary N) is 2. The summed E-state index contributed by atoms with van der Waals surface area (Å²) in [5, 5.41) is 3.17. The van der Waals surface area contributed by atoms with Gasteiger partial charge in [0.25, 0.3) is 11.8 Å². The Kier molecular flexibility index (Phi) is 9.03. The second-order valence-corrected chi connectivity index (χ2v) is 10.0. The third-order valence-electron chi connectivity index (χ3n) is 6.68. The maximum absolute atomic E-state index is 14.3. The van der Waals surface area contributed by atoms with Crippen LogP contribution in [0.2, 0.25) is 0 Å². The quantitative estimate of drug-likeness (QED) is 0.344. The second-order valence-electron chi connectivity index (χ2n) is 9.23. The molecule has 10 nitrogen and oxygen atoms in total. The van der Waals surface area contributed by atoms with Crippen molar-refractivity contribution in [2.75, 3.05) is 24.4 Å². The van der Waals surface area contributed by atoms with Crippen LogP contribution in [-0.2, 0) is 4.79 Å². The number of amides is 3. The summed E-state index contributed by atoms with van der Waals surface area (Å²) < 4.78 is 15.2. The number of methoxy groups -OCH3 is 1. The number of hydrogen-bond acceptors (Lipinski definition) is 8. The number of nitrogens with one attached hydrogen (secondary N) is 1. The van der Waals surface area contributed by atoms with Gasteiger partial charge in [0.1, 0.15) is 22.4 Å². The smallest absolute Gasteiger partial charge is 0.273 e. The van der Waals surface area contributed by atoms with Crippen molar-refractivity contribution < 1.29 is 23.9 Å². The summed E-state index contributed by atoms with van der Waals surface area (Å²) in [6.07, 6.45) is 4.93. The van der Waals surface area contributed by atoms with Gasteiger partial charge in [0.05, 0.1) is 25.1 Å². The van der Waals surface area contributed by atoms with Crippen LogP contribution in [0.25, 0.3) is 0 Å². The molecular formula is C28H33N5O5S. The molecule has 5 N–H and O–H groups in total. The number of hydrogen-bond donors (Lipinski definition) is 3. The molecule has 3 amide bonds. The van der Waals surface area contributed by atoms with Gasteiger partial charge in [-0.15, -0.1) is 0 Å². The van der Waals surface area contributed by atoms with Gasteiger partial charge in [-0.3, -0.25) is 19.3 Å². The summed E-state index contributed by atoms with van der Waals surface area (Å²) in [5.74, 6) is -0.779. The van der Waals surface area contributed by atoms with E-state index < -0.39 is 17.9 Å². The Morgan fingerprint density at radius 2 is 1.79 bits per heavy atom. The summed E-state index contributed by atoms with van der Waals surface area (Å²) in [6.45, 7) is 2.37. The molecule has 0 unspecified atom stereocenters. The molecule has 1 aliphatic rings. The van der Waals surface area contributed by atoms with Gasteiger partial charge in [-0.1, -0.05) is 43.5 Å². The van der Waals surface area contributed by atoms with Crippen molar-refractivity contribution in [2.45, 2.75) is 51.1 Å². The zero-order valence-corrected chi connectivity index (χ0v) is 22.8. The molecule has 1 aromatic heterocycles. The largest absolute Gasteiger partial charge is 0.495 e. The molecule has 0 aliphatic heterocycles. The Hall–Kier alpha value is -4.12. The number of nitrogen functional groups attached to an aromatic ring is 1. The Balaban J connectivity index is 1.86. The van der Waals surface area contributed by atoms with Crippen molar-refractivity contribution in [3.8, 4) is 11.5 Å². The fraction of sp³-hybridized carbons (Fsp3) is 0.357. The lowest BCUT2D eigenvalue weighted by Crippen LogP contribution is -2.47. The van der Waals surface area contributed by atoms with Crippen molar-refractivity contribution in [3.63, 3.8) is 0 Å². The van der Waals surface area contributed by atoms with Crippen molar-refractivity contribution in [1.29, 1.82) is 0 Å². The number of primary amides is 1. The number of carbonyl (C=O) groups is 3. The van der Waals surface area contributed by atoms with E-state index in [1.165, 1.54) is 12.0 Å². The maximum Gasteiger partial charge on any atom is 0.273 e. The predicted octanol–water partition coefficient (Wildman–Crippen LogP) is 4.07. The van der Waals surface area contributed by atoms with Crippen LogP contribution in [0.1, 0.15) is 70.8 Å². The Morgan fingerprint density at radius 3 is 2.41 bits per heavy atom. The van der Waals surface area contributed by atoms with Gasteiger partial charge in [0.2, 0.25) is 5.91 Å². The van der Waals surface area contributed by atoms with E-state index in [1.807, 2.05) is 6.92 Å². The average molecular weight is 552 g/mol. The molecule has 0 radical (unpaired) electrons. The minimum absolute atomic E-state index is 0.000932. The number of carbonyl (C=O) groups excluding carboxylic acids is 3. The molecule has 11 heteroatoms. The molecular weight excluding hydrogens is 518 g/mol. The molecule has 4 rings (SSSR count). The van der Waals surface area contributed by atoms with Crippen LogP contribution in [0.15, 0.2) is 48.5 Å². The van der Waals surface area contributed by atoms with E-state index in [4.69, 9.17) is 20.9 Å². The molecule has 3 aromatic rings. The number of benzene rings is 2. The normalized spacial score (nSPS) is 14.3. The molecule has 0 saturated heterocycles. The van der Waals surface area contributed by atoms with E-state index >= 15 is 0 Å². The first kappa shape index (κ1) is 27.9. The number of para-hydroxylation sites is 2. The van der Waals surface area contributed by atoms with Gasteiger partial charge >= 0.3 is 0 Å². The third-order valence-corrected chi connectivity index (χ3v) is 7.54. The number of aromatic nitrogens is 1. The fourth-order valence-electron chi connectivity index (χ4n) is 4.79. The van der Waals surface area contributed by atoms with Gasteiger partial charge in [-0.2, -0.15) is 4.37 Å². The molecule has 0 spiro atoms. The lowest BCUT2D eigenvalue weighted by atomic mass is 9.94. The maximum atomic E-state index is 14.3. The van der Waals surface area contributed by atoms with Crippen LogP contribution < -0.4 is 31.2 Å². The molecule has 1 atom stereocenters. The predicted molar refractivity (Wildman–Crippen MR) is 150 cm³/mol. The molecule has 1 saturated carbocycles. The van der Waals surface area contributed by atoms with Crippen LogP contribution in [0.3, 0.4) is 0 Å². The summed E-state index contributed by atoms with van der Waals surface area (Å²) >= 11 is 0.759. The lowest BCUT2D eigenvalue weighted by Gasteiger charge is -2.34. The highest BCUT2D eigenvalue weighted by Gasteiger charge is 2.38. The van der Waals surface area contributed by atoms with Crippen molar-refractivity contribution >= 4 is 40.6 Å². The van der Waals surface area contributed by atoms with Gasteiger partial charge in [0, 0.05) is 6.04 Å². The second kappa shape index (κ2) is 12.6. The monoisotopic (exact) mass is 551 g/mol. The Labute approximate surface area is 231 Å². The molecule has 1 heterocycles. The average Bonchev–Trinajstić information content (AvgIpc) is 3.34. The van der Waals surface area contributed by atoms with E-state index in [0.717, 1.165) is 43.6 Å². The zero-order valence-electron chi connectivity index (χ0n) is 22.0. The van der Waals surface area contributed by atoms with Gasteiger partial charge in [-0.05, 0) is 61.1 Å². The summed E-state index contributed by atoms with van der Waals surface area (Å²) in [5.41, 5.74) is 12.2. The first-order valence-electron chi connectivity index (χ1n) is 12.9. The SMILES string of the molecule is CCOc1ccc([C@@H](C(=O)NC2CCCCC2)N(C(=O)c2snc(C(N)=O)c2N)c2ccccc2OC)cc1. The number of ether oxygens (including phenoxy) is 2. The van der Waals surface area contributed by atoms with Gasteiger partial charge < -0.3 is 26.3 Å². The van der Waals surface area contributed by atoms with E-state index in [1.54, 1.807) is 48.5 Å². The summed E-state index contributed by atoms with van der Waals surface area (Å²) in [6, 6.07) is 12.9. The number of anilines is 2. The van der Waals surface area contributed by atoms with Crippen LogP contribution in [0.4, 0.5) is 11.4 Å². The van der Waals surface area contributed by atoms with Gasteiger partial charge in [0.15, 0.2) is 5.69 Å². The Bertz CT molecular complexity index is 1320. The van der Waals surface area contributed by atoms with Crippen LogP contribution >= 0.6 is 11.5 Å². The summed E-state index contributed by atoms with van der Waals surface area (Å²) in [7, 11) is 1.49. The van der Waals surface area contributed by atoms with Crippen LogP contribution in [-0.4, -0.2) is 41.9 Å². The standard InChI is InChI=1S/C28H33N5O5S/c1-3-38-19-15-13-17(14-16-19)24(27(35)31-18-9-5-4-6-10-18)33(20-11-7-8-12-21(20)37-2)28(36)25-22(29)23(26(30)34)32-39-25/h7-8,11-16,18,24H,3-6,9-10,29H2,1-2H3,(H2,30,34)(H,31,35)/t24-/m0/s1. The third kappa shape index (κ3) is 6.14. The Morgan fingerprint density at radius 1 is 1.10 bits per heavy atom. The van der Waals surface area contributed by atoms with E-state index in [0.29, 0.717) is 29.4 Å². The molecule has 39 heavy (non-hydrogen) atoms. The summed E-state index contributed by atoms with van der Waals surface area (Å²) in [4.78, 5) is 41.5. The van der Waals surface area contributed by atoms with E-state index in [2.05, 4.69) is 9.69 Å². The van der Waals surface area contributed by atoms with Crippen molar-refractivity contribution in [1.82, 2.24) is 9.69 Å². The molecule has 1 fully saturated rings. The van der Waals surface area contributed by atoms with Crippen molar-refractivity contribution in [2.24, 2.45) is 5.73 Å². The first-order chi connectivity index (χ1) is 18.8. The molecule has 206 valence electrons. The van der Waals surface area contributed by atoms with Crippen molar-refractivity contribution in [3.05, 3.63) is 64.7 Å². The topological polar surface area (TPSA) is 150 Å².